The largest absolute Gasteiger partial charge is 0.454 e. The molecule has 0 bridgehead atoms. The molecule has 0 radical (unpaired) electrons. The quantitative estimate of drug-likeness (QED) is 0.165. The fourth-order valence-electron chi connectivity index (χ4n) is 10.7. The lowest BCUT2D eigenvalue weighted by atomic mass is 9.33. The van der Waals surface area contributed by atoms with Crippen molar-refractivity contribution in [1.29, 1.82) is 0 Å². The summed E-state index contributed by atoms with van der Waals surface area (Å²) in [7, 11) is 0. The zero-order valence-corrected chi connectivity index (χ0v) is 36.1. The van der Waals surface area contributed by atoms with E-state index in [1.165, 1.54) is 75.7 Å². The van der Waals surface area contributed by atoms with Crippen LogP contribution >= 0.6 is 11.3 Å². The molecule has 6 heteroatoms. The van der Waals surface area contributed by atoms with Crippen LogP contribution in [0.15, 0.2) is 168 Å². The van der Waals surface area contributed by atoms with Gasteiger partial charge >= 0.3 is 0 Å². The number of benzene rings is 8. The Bertz CT molecular complexity index is 3650. The molecule has 0 saturated heterocycles. The molecule has 0 atom stereocenters. The lowest BCUT2D eigenvalue weighted by Crippen LogP contribution is -2.60. The third kappa shape index (κ3) is 4.84. The van der Waals surface area contributed by atoms with Crippen molar-refractivity contribution in [2.75, 3.05) is 9.80 Å². The minimum atomic E-state index is -0.130. The molecule has 0 amide bonds. The number of fused-ring (bicyclic) bond motifs is 12. The SMILES string of the molecule is Cc1ccccc1N(c1ccc2c(c1)N(c1cccc3c1oc1ccccc13)c1cc(C(C)(C)C)cc3c1B2c1cccc2c4c5ccccc5sc4n-3c12)c1ccccc1C. The van der Waals surface area contributed by atoms with E-state index in [1.807, 2.05) is 11.3 Å². The van der Waals surface area contributed by atoms with Gasteiger partial charge in [-0.25, -0.2) is 0 Å². The highest BCUT2D eigenvalue weighted by molar-refractivity contribution is 7.26. The second-order valence-electron chi connectivity index (χ2n) is 18.2. The van der Waals surface area contributed by atoms with Gasteiger partial charge in [0.25, 0.3) is 6.71 Å². The highest BCUT2D eigenvalue weighted by atomic mass is 32.1. The van der Waals surface area contributed by atoms with Crippen LogP contribution in [0.1, 0.15) is 37.5 Å². The number of hydrogen-bond acceptors (Lipinski definition) is 4. The highest BCUT2D eigenvalue weighted by Crippen LogP contribution is 2.50. The van der Waals surface area contributed by atoms with E-state index < -0.39 is 0 Å². The summed E-state index contributed by atoms with van der Waals surface area (Å²) in [4.78, 5) is 6.29. The number of thiophene rings is 1. The summed E-state index contributed by atoms with van der Waals surface area (Å²) in [5, 5.41) is 6.24. The Hall–Kier alpha value is -7.02. The molecule has 4 nitrogen and oxygen atoms in total. The van der Waals surface area contributed by atoms with E-state index in [-0.39, 0.29) is 12.1 Å². The molecule has 2 aliphatic heterocycles. The van der Waals surface area contributed by atoms with E-state index in [2.05, 4.69) is 213 Å². The van der Waals surface area contributed by atoms with Gasteiger partial charge in [-0.15, -0.1) is 11.3 Å². The number of rotatable bonds is 4. The lowest BCUT2D eigenvalue weighted by molar-refractivity contribution is 0.590. The fraction of sp³-hybridized carbons (Fsp3) is 0.107. The fourth-order valence-corrected chi connectivity index (χ4v) is 11.9. The molecule has 0 spiro atoms. The molecule has 62 heavy (non-hydrogen) atoms. The van der Waals surface area contributed by atoms with E-state index in [1.54, 1.807) is 0 Å². The van der Waals surface area contributed by atoms with E-state index >= 15 is 0 Å². The summed E-state index contributed by atoms with van der Waals surface area (Å²) in [6.45, 7) is 11.5. The van der Waals surface area contributed by atoms with Crippen molar-refractivity contribution in [3.63, 3.8) is 0 Å². The molecule has 0 aliphatic carbocycles. The Balaban J connectivity index is 1.19. The van der Waals surface area contributed by atoms with Gasteiger partial charge in [0.1, 0.15) is 10.4 Å². The van der Waals surface area contributed by atoms with Crippen LogP contribution in [0.4, 0.5) is 34.1 Å². The standard InChI is InChI=1S/C56H42BN3OS/c1-33-16-6-10-23-43(33)58(44-24-11-7-17-34(44)2)36-28-29-41-46(32-36)59(45-25-15-20-38-37-18-8-12-26-49(37)61-54(38)45)47-30-35(56(3,4)5)31-48-52(47)57(41)42-22-14-21-40-51-39-19-9-13-27-50(39)62-55(51)60(48)53(40)42/h6-32H,1-5H3. The lowest BCUT2D eigenvalue weighted by Gasteiger charge is -2.42. The number of nitrogens with zero attached hydrogens (tertiary/aromatic N) is 3. The summed E-state index contributed by atoms with van der Waals surface area (Å²) >= 11 is 1.91. The Morgan fingerprint density at radius 2 is 1.23 bits per heavy atom. The summed E-state index contributed by atoms with van der Waals surface area (Å²) in [6, 6.07) is 60.8. The van der Waals surface area contributed by atoms with E-state index in [0.717, 1.165) is 50.4 Å². The predicted octanol–water partition coefficient (Wildman–Crippen LogP) is 13.9. The van der Waals surface area contributed by atoms with E-state index in [4.69, 9.17) is 4.42 Å². The number of anilines is 6. The van der Waals surface area contributed by atoms with Crippen molar-refractivity contribution in [2.24, 2.45) is 0 Å². The summed E-state index contributed by atoms with van der Waals surface area (Å²) in [5.41, 5.74) is 18.7. The van der Waals surface area contributed by atoms with Crippen molar-refractivity contribution in [3.05, 3.63) is 180 Å². The van der Waals surface area contributed by atoms with Crippen molar-refractivity contribution >= 4 is 122 Å². The topological polar surface area (TPSA) is 24.6 Å². The van der Waals surface area contributed by atoms with Gasteiger partial charge in [-0.1, -0.05) is 130 Å². The number of hydrogen-bond donors (Lipinski definition) is 0. The molecule has 3 aromatic heterocycles. The zero-order chi connectivity index (χ0) is 41.6. The first kappa shape index (κ1) is 35.7. The molecule has 11 aromatic rings. The molecular formula is C56H42BN3OS. The molecule has 13 rings (SSSR count). The zero-order valence-electron chi connectivity index (χ0n) is 35.3. The summed E-state index contributed by atoms with van der Waals surface area (Å²) in [5.74, 6) is 0. The van der Waals surface area contributed by atoms with Gasteiger partial charge in [0.15, 0.2) is 5.58 Å². The van der Waals surface area contributed by atoms with Crippen LogP contribution in [0.2, 0.25) is 0 Å². The van der Waals surface area contributed by atoms with Crippen LogP contribution in [-0.4, -0.2) is 11.3 Å². The third-order valence-corrected chi connectivity index (χ3v) is 14.7. The van der Waals surface area contributed by atoms with Crippen molar-refractivity contribution in [1.82, 2.24) is 4.57 Å². The summed E-state index contributed by atoms with van der Waals surface area (Å²) in [6.07, 6.45) is 0. The highest BCUT2D eigenvalue weighted by Gasteiger charge is 2.44. The van der Waals surface area contributed by atoms with Crippen molar-refractivity contribution < 1.29 is 4.42 Å². The van der Waals surface area contributed by atoms with Gasteiger partial charge in [0, 0.05) is 65.8 Å². The smallest absolute Gasteiger partial charge is 0.252 e. The molecule has 0 fully saturated rings. The van der Waals surface area contributed by atoms with Crippen LogP contribution in [0, 0.1) is 13.8 Å². The molecule has 296 valence electrons. The van der Waals surface area contributed by atoms with Gasteiger partial charge in [0.2, 0.25) is 0 Å². The Labute approximate surface area is 364 Å². The van der Waals surface area contributed by atoms with Crippen LogP contribution in [0.3, 0.4) is 0 Å². The molecule has 5 heterocycles. The minimum Gasteiger partial charge on any atom is -0.454 e. The molecule has 2 aliphatic rings. The van der Waals surface area contributed by atoms with E-state index in [9.17, 15) is 0 Å². The first-order valence-electron chi connectivity index (χ1n) is 21.6. The predicted molar refractivity (Wildman–Crippen MR) is 266 cm³/mol. The van der Waals surface area contributed by atoms with Crippen LogP contribution in [-0.2, 0) is 5.41 Å². The maximum atomic E-state index is 6.94. The molecule has 8 aromatic carbocycles. The second-order valence-corrected chi connectivity index (χ2v) is 19.2. The minimum absolute atomic E-state index is 0.000961. The number of aryl methyl sites for hydroxylation is 2. The van der Waals surface area contributed by atoms with E-state index in [0.29, 0.717) is 0 Å². The van der Waals surface area contributed by atoms with Gasteiger partial charge < -0.3 is 18.8 Å². The second kappa shape index (κ2) is 12.8. The maximum Gasteiger partial charge on any atom is 0.252 e. The van der Waals surface area contributed by atoms with Gasteiger partial charge in [-0.2, -0.15) is 0 Å². The maximum absolute atomic E-state index is 6.94. The van der Waals surface area contributed by atoms with Crippen LogP contribution in [0.5, 0.6) is 0 Å². The summed E-state index contributed by atoms with van der Waals surface area (Å²) < 4.78 is 10.9. The molecular weight excluding hydrogens is 774 g/mol. The Morgan fingerprint density at radius 1 is 0.565 bits per heavy atom. The molecule has 0 unspecified atom stereocenters. The average molecular weight is 816 g/mol. The van der Waals surface area contributed by atoms with Gasteiger partial charge in [-0.05, 0) is 107 Å². The normalized spacial score (nSPS) is 13.2. The first-order chi connectivity index (χ1) is 30.2. The first-order valence-corrected chi connectivity index (χ1v) is 22.5. The third-order valence-electron chi connectivity index (χ3n) is 13.6. The monoisotopic (exact) mass is 815 g/mol. The number of aromatic nitrogens is 1. The average Bonchev–Trinajstić information content (AvgIpc) is 3.96. The van der Waals surface area contributed by atoms with Gasteiger partial charge in [-0.3, -0.25) is 0 Å². The molecule has 0 N–H and O–H groups in total. The van der Waals surface area contributed by atoms with Gasteiger partial charge in [0.05, 0.1) is 11.2 Å². The van der Waals surface area contributed by atoms with Crippen LogP contribution in [0.25, 0.3) is 58.8 Å². The van der Waals surface area contributed by atoms with Crippen molar-refractivity contribution in [3.8, 4) is 5.69 Å². The Morgan fingerprint density at radius 3 is 2.00 bits per heavy atom. The van der Waals surface area contributed by atoms with Crippen LogP contribution < -0.4 is 26.2 Å². The Kier molecular flexibility index (Phi) is 7.35. The number of furan rings is 1. The molecule has 0 saturated carbocycles. The van der Waals surface area contributed by atoms with Crippen molar-refractivity contribution in [2.45, 2.75) is 40.0 Å². The number of para-hydroxylation sites is 5.